The van der Waals surface area contributed by atoms with Crippen LogP contribution in [-0.2, 0) is 0 Å². The SMILES string of the molecule is CC(C)C1CCCN1c1cccc(Br)c1C(=N)N. The summed E-state index contributed by atoms with van der Waals surface area (Å²) in [5.74, 6) is 0.748. The quantitative estimate of drug-likeness (QED) is 0.664. The van der Waals surface area contributed by atoms with E-state index in [1.165, 1.54) is 12.8 Å². The average molecular weight is 310 g/mol. The summed E-state index contributed by atoms with van der Waals surface area (Å²) in [5.41, 5.74) is 7.65. The van der Waals surface area contributed by atoms with Crippen LogP contribution in [0.3, 0.4) is 0 Å². The van der Waals surface area contributed by atoms with E-state index >= 15 is 0 Å². The maximum atomic E-state index is 7.78. The predicted octanol–water partition coefficient (Wildman–Crippen LogP) is 3.36. The van der Waals surface area contributed by atoms with Crippen LogP contribution in [0.25, 0.3) is 0 Å². The summed E-state index contributed by atoms with van der Waals surface area (Å²) in [6.07, 6.45) is 2.44. The molecular weight excluding hydrogens is 290 g/mol. The number of hydrogen-bond donors (Lipinski definition) is 2. The summed E-state index contributed by atoms with van der Waals surface area (Å²) in [4.78, 5) is 2.41. The van der Waals surface area contributed by atoms with Crippen LogP contribution in [-0.4, -0.2) is 18.4 Å². The van der Waals surface area contributed by atoms with Gasteiger partial charge in [0.25, 0.3) is 0 Å². The van der Waals surface area contributed by atoms with Crippen molar-refractivity contribution in [3.8, 4) is 0 Å². The number of nitrogen functional groups attached to an aromatic ring is 1. The van der Waals surface area contributed by atoms with Crippen molar-refractivity contribution >= 4 is 27.5 Å². The Balaban J connectivity index is 2.44. The fourth-order valence-electron chi connectivity index (χ4n) is 2.80. The number of anilines is 1. The van der Waals surface area contributed by atoms with Gasteiger partial charge >= 0.3 is 0 Å². The summed E-state index contributed by atoms with van der Waals surface area (Å²) >= 11 is 3.50. The molecule has 3 nitrogen and oxygen atoms in total. The number of nitrogens with one attached hydrogen (secondary N) is 1. The Morgan fingerprint density at radius 1 is 1.50 bits per heavy atom. The minimum Gasteiger partial charge on any atom is -0.384 e. The fraction of sp³-hybridized carbons (Fsp3) is 0.500. The minimum absolute atomic E-state index is 0.131. The van der Waals surface area contributed by atoms with E-state index in [2.05, 4.69) is 40.7 Å². The molecule has 18 heavy (non-hydrogen) atoms. The summed E-state index contributed by atoms with van der Waals surface area (Å²) in [5, 5.41) is 7.78. The van der Waals surface area contributed by atoms with Crippen LogP contribution in [0, 0.1) is 11.3 Å². The third-order valence-electron chi connectivity index (χ3n) is 3.64. The van der Waals surface area contributed by atoms with E-state index in [4.69, 9.17) is 11.1 Å². The van der Waals surface area contributed by atoms with Crippen molar-refractivity contribution in [3.63, 3.8) is 0 Å². The number of rotatable bonds is 3. The smallest absolute Gasteiger partial charge is 0.126 e. The summed E-state index contributed by atoms with van der Waals surface area (Å²) in [7, 11) is 0. The van der Waals surface area contributed by atoms with Gasteiger partial charge in [-0.2, -0.15) is 0 Å². The molecular formula is C14H20BrN3. The van der Waals surface area contributed by atoms with Gasteiger partial charge in [0, 0.05) is 22.7 Å². The lowest BCUT2D eigenvalue weighted by Crippen LogP contribution is -2.35. The van der Waals surface area contributed by atoms with Crippen LogP contribution in [0.5, 0.6) is 0 Å². The third-order valence-corrected chi connectivity index (χ3v) is 4.30. The van der Waals surface area contributed by atoms with Crippen LogP contribution in [0.15, 0.2) is 22.7 Å². The molecule has 0 spiro atoms. The molecule has 0 aliphatic carbocycles. The predicted molar refractivity (Wildman–Crippen MR) is 80.4 cm³/mol. The first-order valence-corrected chi connectivity index (χ1v) is 7.21. The van der Waals surface area contributed by atoms with Crippen LogP contribution in [0.1, 0.15) is 32.3 Å². The van der Waals surface area contributed by atoms with E-state index in [1.807, 2.05) is 12.1 Å². The minimum atomic E-state index is 0.131. The van der Waals surface area contributed by atoms with E-state index in [1.54, 1.807) is 0 Å². The maximum absolute atomic E-state index is 7.78. The highest BCUT2D eigenvalue weighted by Crippen LogP contribution is 2.34. The number of nitrogens with zero attached hydrogens (tertiary/aromatic N) is 1. The summed E-state index contributed by atoms with van der Waals surface area (Å²) in [6.45, 7) is 5.57. The Morgan fingerprint density at radius 2 is 2.22 bits per heavy atom. The van der Waals surface area contributed by atoms with Crippen molar-refractivity contribution in [1.29, 1.82) is 5.41 Å². The van der Waals surface area contributed by atoms with Crippen LogP contribution in [0.2, 0.25) is 0 Å². The van der Waals surface area contributed by atoms with Crippen molar-refractivity contribution in [1.82, 2.24) is 0 Å². The molecule has 0 saturated carbocycles. The molecule has 1 fully saturated rings. The van der Waals surface area contributed by atoms with Crippen LogP contribution >= 0.6 is 15.9 Å². The van der Waals surface area contributed by atoms with Gasteiger partial charge in [0.1, 0.15) is 5.84 Å². The zero-order valence-electron chi connectivity index (χ0n) is 10.9. The Labute approximate surface area is 117 Å². The Bertz CT molecular complexity index is 456. The van der Waals surface area contributed by atoms with E-state index < -0.39 is 0 Å². The van der Waals surface area contributed by atoms with Crippen LogP contribution < -0.4 is 10.6 Å². The molecule has 1 aliphatic rings. The van der Waals surface area contributed by atoms with Gasteiger partial charge in [0.05, 0.1) is 5.56 Å². The normalized spacial score (nSPS) is 19.6. The molecule has 0 radical (unpaired) electrons. The van der Waals surface area contributed by atoms with Crippen molar-refractivity contribution in [2.75, 3.05) is 11.4 Å². The molecule has 4 heteroatoms. The molecule has 98 valence electrons. The van der Waals surface area contributed by atoms with Crippen molar-refractivity contribution < 1.29 is 0 Å². The van der Waals surface area contributed by atoms with Gasteiger partial charge in [0.2, 0.25) is 0 Å². The lowest BCUT2D eigenvalue weighted by atomic mass is 10.0. The Hall–Kier alpha value is -1.03. The van der Waals surface area contributed by atoms with Gasteiger partial charge in [-0.05, 0) is 46.8 Å². The van der Waals surface area contributed by atoms with E-state index in [0.717, 1.165) is 22.3 Å². The molecule has 1 aliphatic heterocycles. The second-order valence-electron chi connectivity index (χ2n) is 5.19. The highest BCUT2D eigenvalue weighted by atomic mass is 79.9. The molecule has 1 atom stereocenters. The second-order valence-corrected chi connectivity index (χ2v) is 6.05. The Kier molecular flexibility index (Phi) is 3.95. The first kappa shape index (κ1) is 13.4. The standard InChI is InChI=1S/C14H20BrN3/c1-9(2)11-7-4-8-18(11)12-6-3-5-10(15)13(12)14(16)17/h3,5-6,9,11H,4,7-8H2,1-2H3,(H3,16,17). The largest absolute Gasteiger partial charge is 0.384 e. The molecule has 1 aromatic carbocycles. The van der Waals surface area contributed by atoms with Gasteiger partial charge in [-0.15, -0.1) is 0 Å². The molecule has 0 amide bonds. The molecule has 1 saturated heterocycles. The lowest BCUT2D eigenvalue weighted by Gasteiger charge is -2.31. The second kappa shape index (κ2) is 5.31. The highest BCUT2D eigenvalue weighted by Gasteiger charge is 2.29. The third kappa shape index (κ3) is 2.39. The number of nitrogens with two attached hydrogens (primary N) is 1. The monoisotopic (exact) mass is 309 g/mol. The fourth-order valence-corrected chi connectivity index (χ4v) is 3.37. The molecule has 1 unspecified atom stereocenters. The van der Waals surface area contributed by atoms with Gasteiger partial charge in [-0.25, -0.2) is 0 Å². The van der Waals surface area contributed by atoms with Crippen molar-refractivity contribution in [3.05, 3.63) is 28.2 Å². The zero-order chi connectivity index (χ0) is 13.3. The van der Waals surface area contributed by atoms with Crippen LogP contribution in [0.4, 0.5) is 5.69 Å². The first-order valence-electron chi connectivity index (χ1n) is 6.42. The highest BCUT2D eigenvalue weighted by molar-refractivity contribution is 9.10. The molecule has 1 heterocycles. The average Bonchev–Trinajstić information content (AvgIpc) is 2.76. The van der Waals surface area contributed by atoms with Crippen molar-refractivity contribution in [2.24, 2.45) is 11.7 Å². The molecule has 0 aromatic heterocycles. The molecule has 3 N–H and O–H groups in total. The van der Waals surface area contributed by atoms with Gasteiger partial charge in [-0.3, -0.25) is 5.41 Å². The number of benzene rings is 1. The number of halogens is 1. The van der Waals surface area contributed by atoms with Crippen molar-refractivity contribution in [2.45, 2.75) is 32.7 Å². The van der Waals surface area contributed by atoms with Gasteiger partial charge < -0.3 is 10.6 Å². The lowest BCUT2D eigenvalue weighted by molar-refractivity contribution is 0.492. The number of amidine groups is 1. The van der Waals surface area contributed by atoms with Gasteiger partial charge in [-0.1, -0.05) is 19.9 Å². The molecule has 0 bridgehead atoms. The van der Waals surface area contributed by atoms with E-state index in [9.17, 15) is 0 Å². The van der Waals surface area contributed by atoms with Gasteiger partial charge in [0.15, 0.2) is 0 Å². The first-order chi connectivity index (χ1) is 8.52. The topological polar surface area (TPSA) is 53.1 Å². The van der Waals surface area contributed by atoms with E-state index in [-0.39, 0.29) is 5.84 Å². The van der Waals surface area contributed by atoms with E-state index in [0.29, 0.717) is 12.0 Å². The maximum Gasteiger partial charge on any atom is 0.126 e. The summed E-state index contributed by atoms with van der Waals surface area (Å²) in [6, 6.07) is 6.59. The molecule has 1 aromatic rings. The summed E-state index contributed by atoms with van der Waals surface area (Å²) < 4.78 is 0.905. The zero-order valence-corrected chi connectivity index (χ0v) is 12.5. The number of hydrogen-bond acceptors (Lipinski definition) is 2. The Morgan fingerprint density at radius 3 is 2.83 bits per heavy atom. The molecule has 2 rings (SSSR count).